The molecule has 132 valence electrons. The molecule has 0 aliphatic carbocycles. The van der Waals surface area contributed by atoms with Gasteiger partial charge in [0.1, 0.15) is 5.84 Å². The summed E-state index contributed by atoms with van der Waals surface area (Å²) >= 11 is 0. The number of nitrogens with zero attached hydrogens (tertiary/aromatic N) is 3. The van der Waals surface area contributed by atoms with Crippen LogP contribution in [-0.2, 0) is 10.8 Å². The maximum absolute atomic E-state index is 5.24. The molecule has 2 aromatic rings. The Morgan fingerprint density at radius 2 is 1.73 bits per heavy atom. The average Bonchev–Trinajstić information content (AvgIpc) is 3.18. The van der Waals surface area contributed by atoms with E-state index in [1.165, 1.54) is 29.1 Å². The van der Waals surface area contributed by atoms with E-state index in [-0.39, 0.29) is 10.8 Å². The zero-order chi connectivity index (χ0) is 17.5. The molecule has 1 N–H and O–H groups in total. The lowest BCUT2D eigenvalue weighted by Gasteiger charge is -2.57. The number of nitrogens with one attached hydrogen (secondary N) is 1. The number of benzene rings is 2. The summed E-state index contributed by atoms with van der Waals surface area (Å²) in [7, 11) is 4.48. The van der Waals surface area contributed by atoms with Gasteiger partial charge in [-0.25, -0.2) is 4.99 Å². The summed E-state index contributed by atoms with van der Waals surface area (Å²) < 4.78 is 0. The number of amidine groups is 1. The van der Waals surface area contributed by atoms with Gasteiger partial charge in [-0.2, -0.15) is 0 Å². The third kappa shape index (κ3) is 1.42. The number of fused-ring (bicyclic) bond motifs is 2. The lowest BCUT2D eigenvalue weighted by Crippen LogP contribution is -2.65. The van der Waals surface area contributed by atoms with Gasteiger partial charge in [0, 0.05) is 31.2 Å². The van der Waals surface area contributed by atoms with Crippen LogP contribution in [0.15, 0.2) is 53.5 Å². The van der Waals surface area contributed by atoms with Gasteiger partial charge < -0.3 is 10.2 Å². The van der Waals surface area contributed by atoms with E-state index >= 15 is 0 Å². The minimum Gasteiger partial charge on any atom is -0.369 e. The number of hydrogen-bond acceptors (Lipinski definition) is 4. The Bertz CT molecular complexity index is 951. The van der Waals surface area contributed by atoms with Crippen LogP contribution in [0.3, 0.4) is 0 Å². The predicted molar refractivity (Wildman–Crippen MR) is 105 cm³/mol. The Balaban J connectivity index is 1.77. The molecule has 4 heterocycles. The molecule has 4 aliphatic heterocycles. The number of aliphatic imine (C=N–C) groups is 1. The summed E-state index contributed by atoms with van der Waals surface area (Å²) in [4.78, 5) is 10.1. The highest BCUT2D eigenvalue weighted by Gasteiger charge is 2.69. The van der Waals surface area contributed by atoms with Crippen molar-refractivity contribution in [1.82, 2.24) is 9.80 Å². The van der Waals surface area contributed by atoms with Crippen LogP contribution in [0.2, 0.25) is 0 Å². The molecule has 2 spiro atoms. The first-order valence-electron chi connectivity index (χ1n) is 9.65. The summed E-state index contributed by atoms with van der Waals surface area (Å²) in [5.41, 5.74) is 5.30. The van der Waals surface area contributed by atoms with E-state index < -0.39 is 0 Å². The highest BCUT2D eigenvalue weighted by Crippen LogP contribution is 2.64. The molecule has 3 atom stereocenters. The van der Waals surface area contributed by atoms with Crippen LogP contribution in [-0.4, -0.2) is 49.0 Å². The zero-order valence-electron chi connectivity index (χ0n) is 15.4. The fourth-order valence-electron chi connectivity index (χ4n) is 6.36. The van der Waals surface area contributed by atoms with Crippen molar-refractivity contribution >= 4 is 17.2 Å². The fraction of sp³-hybridized carbons (Fsp3) is 0.409. The first-order chi connectivity index (χ1) is 12.7. The second-order valence-corrected chi connectivity index (χ2v) is 8.32. The van der Waals surface area contributed by atoms with Gasteiger partial charge in [-0.1, -0.05) is 36.4 Å². The molecule has 0 aromatic heterocycles. The molecule has 4 aliphatic rings. The largest absolute Gasteiger partial charge is 0.369 e. The molecule has 6 rings (SSSR count). The van der Waals surface area contributed by atoms with E-state index in [0.717, 1.165) is 25.2 Å². The van der Waals surface area contributed by atoms with E-state index in [2.05, 4.69) is 77.7 Å². The summed E-state index contributed by atoms with van der Waals surface area (Å²) in [6, 6.07) is 17.8. The van der Waals surface area contributed by atoms with Gasteiger partial charge in [-0.3, -0.25) is 4.90 Å². The number of para-hydroxylation sites is 2. The first-order valence-corrected chi connectivity index (χ1v) is 9.65. The standard InChI is InChI=1S/C22H24N4/c1-25-13-11-21-15-7-3-6-10-18(15)24-20-22(21,12-14-26(20)2)16-8-4-5-9-17(16)23-19(21)25/h3-10,19,23H,11-14H2,1-2H3/t19-,21-,22+/m0/s1. The van der Waals surface area contributed by atoms with Gasteiger partial charge in [0.2, 0.25) is 0 Å². The Labute approximate surface area is 154 Å². The molecule has 2 saturated heterocycles. The molecule has 2 aromatic carbocycles. The molecule has 0 saturated carbocycles. The van der Waals surface area contributed by atoms with Gasteiger partial charge in [-0.15, -0.1) is 0 Å². The molecule has 4 heteroatoms. The lowest BCUT2D eigenvalue weighted by atomic mass is 9.51. The van der Waals surface area contributed by atoms with Crippen LogP contribution in [0, 0.1) is 0 Å². The van der Waals surface area contributed by atoms with Crippen molar-refractivity contribution < 1.29 is 0 Å². The van der Waals surface area contributed by atoms with Crippen molar-refractivity contribution in [2.24, 2.45) is 4.99 Å². The molecule has 0 bridgehead atoms. The second-order valence-electron chi connectivity index (χ2n) is 8.32. The Hall–Kier alpha value is -2.33. The molecule has 2 fully saturated rings. The molecule has 0 radical (unpaired) electrons. The van der Waals surface area contributed by atoms with Crippen LogP contribution >= 0.6 is 0 Å². The maximum Gasteiger partial charge on any atom is 0.116 e. The van der Waals surface area contributed by atoms with Gasteiger partial charge in [0.25, 0.3) is 0 Å². The Morgan fingerprint density at radius 3 is 2.62 bits per heavy atom. The van der Waals surface area contributed by atoms with Crippen LogP contribution in [0.1, 0.15) is 24.0 Å². The van der Waals surface area contributed by atoms with E-state index in [1.807, 2.05) is 0 Å². The molecular formula is C22H24N4. The second kappa shape index (κ2) is 4.68. The van der Waals surface area contributed by atoms with Crippen LogP contribution in [0.4, 0.5) is 11.4 Å². The summed E-state index contributed by atoms with van der Waals surface area (Å²) in [6.45, 7) is 2.18. The topological polar surface area (TPSA) is 30.9 Å². The van der Waals surface area contributed by atoms with Crippen molar-refractivity contribution in [1.29, 1.82) is 0 Å². The number of likely N-dealkylation sites (tertiary alicyclic amines) is 2. The third-order valence-corrected chi connectivity index (χ3v) is 7.38. The normalized spacial score (nSPS) is 34.2. The minimum atomic E-state index is -0.0344. The Kier molecular flexibility index (Phi) is 2.67. The molecule has 26 heavy (non-hydrogen) atoms. The van der Waals surface area contributed by atoms with Crippen LogP contribution in [0.5, 0.6) is 0 Å². The molecule has 0 amide bonds. The van der Waals surface area contributed by atoms with Crippen molar-refractivity contribution in [2.45, 2.75) is 29.8 Å². The average molecular weight is 344 g/mol. The van der Waals surface area contributed by atoms with Gasteiger partial charge in [0.05, 0.1) is 17.3 Å². The summed E-state index contributed by atoms with van der Waals surface area (Å²) in [6.07, 6.45) is 2.61. The van der Waals surface area contributed by atoms with Crippen LogP contribution < -0.4 is 5.32 Å². The predicted octanol–water partition coefficient (Wildman–Crippen LogP) is 3.33. The monoisotopic (exact) mass is 344 g/mol. The number of hydrogen-bond donors (Lipinski definition) is 1. The van der Waals surface area contributed by atoms with E-state index in [0.29, 0.717) is 6.17 Å². The minimum absolute atomic E-state index is 0.0344. The number of rotatable bonds is 0. The van der Waals surface area contributed by atoms with Crippen molar-refractivity contribution in [3.63, 3.8) is 0 Å². The van der Waals surface area contributed by atoms with Gasteiger partial charge in [0.15, 0.2) is 0 Å². The van der Waals surface area contributed by atoms with Gasteiger partial charge in [-0.05, 0) is 43.1 Å². The molecule has 4 nitrogen and oxygen atoms in total. The Morgan fingerprint density at radius 1 is 0.962 bits per heavy atom. The highest BCUT2D eigenvalue weighted by molar-refractivity contribution is 6.03. The summed E-state index contributed by atoms with van der Waals surface area (Å²) in [5, 5.41) is 3.91. The lowest BCUT2D eigenvalue weighted by molar-refractivity contribution is 0.195. The van der Waals surface area contributed by atoms with Crippen molar-refractivity contribution in [2.75, 3.05) is 32.5 Å². The van der Waals surface area contributed by atoms with Crippen molar-refractivity contribution in [3.05, 3.63) is 59.7 Å². The highest BCUT2D eigenvalue weighted by atomic mass is 15.3. The maximum atomic E-state index is 5.24. The number of likely N-dealkylation sites (N-methyl/N-ethyl adjacent to an activating group) is 2. The summed E-state index contributed by atoms with van der Waals surface area (Å²) in [5.74, 6) is 1.27. The van der Waals surface area contributed by atoms with Gasteiger partial charge >= 0.3 is 0 Å². The van der Waals surface area contributed by atoms with E-state index in [1.54, 1.807) is 0 Å². The van der Waals surface area contributed by atoms with Crippen molar-refractivity contribution in [3.8, 4) is 0 Å². The van der Waals surface area contributed by atoms with Crippen LogP contribution in [0.25, 0.3) is 0 Å². The SMILES string of the molecule is CN1CC[C@@]23C1=Nc1ccccc1[C@]21CCN(C)[C@@H]1Nc1ccccc13. The number of anilines is 1. The fourth-order valence-corrected chi connectivity index (χ4v) is 6.36. The molecule has 0 unspecified atom stereocenters. The van der Waals surface area contributed by atoms with E-state index in [4.69, 9.17) is 4.99 Å². The smallest absolute Gasteiger partial charge is 0.116 e. The quantitative estimate of drug-likeness (QED) is 0.795. The molecular weight excluding hydrogens is 320 g/mol. The van der Waals surface area contributed by atoms with E-state index in [9.17, 15) is 0 Å². The third-order valence-electron chi connectivity index (χ3n) is 7.38. The zero-order valence-corrected chi connectivity index (χ0v) is 15.4. The first kappa shape index (κ1) is 14.8.